The molecule has 1 aromatic carbocycles. The molecule has 1 fully saturated rings. The molecule has 1 N–H and O–H groups in total. The average molecular weight is 340 g/mol. The minimum atomic E-state index is -0.181. The Labute approximate surface area is 147 Å². The van der Waals surface area contributed by atoms with Gasteiger partial charge in [0.25, 0.3) is 5.56 Å². The Hall–Kier alpha value is -2.11. The van der Waals surface area contributed by atoms with Crippen LogP contribution in [0.2, 0.25) is 0 Å². The van der Waals surface area contributed by atoms with Crippen LogP contribution in [0.25, 0.3) is 0 Å². The van der Waals surface area contributed by atoms with Crippen LogP contribution in [0.5, 0.6) is 5.75 Å². The van der Waals surface area contributed by atoms with Crippen LogP contribution < -0.4 is 10.3 Å². The van der Waals surface area contributed by atoms with Gasteiger partial charge in [-0.05, 0) is 48.6 Å². The zero-order chi connectivity index (χ0) is 17.3. The van der Waals surface area contributed by atoms with Crippen molar-refractivity contribution in [2.75, 3.05) is 26.8 Å². The molecule has 0 amide bonds. The molecule has 2 aliphatic heterocycles. The molecule has 5 heteroatoms. The number of aromatic nitrogens is 1. The molecule has 2 aromatic rings. The van der Waals surface area contributed by atoms with Crippen LogP contribution in [0.3, 0.4) is 0 Å². The molecule has 2 aliphatic rings. The fourth-order valence-electron chi connectivity index (χ4n) is 4.09. The maximum absolute atomic E-state index is 11.9. The zero-order valence-electron chi connectivity index (χ0n) is 14.6. The van der Waals surface area contributed by atoms with E-state index in [0.717, 1.165) is 50.3 Å². The molecule has 1 aromatic heterocycles. The summed E-state index contributed by atoms with van der Waals surface area (Å²) in [6, 6.07) is 10.1. The molecule has 0 saturated carbocycles. The predicted octanol–water partition coefficient (Wildman–Crippen LogP) is 2.45. The first kappa shape index (κ1) is 16.4. The number of aromatic amines is 1. The molecule has 0 aliphatic carbocycles. The summed E-state index contributed by atoms with van der Waals surface area (Å²) in [6.07, 6.45) is 4.53. The van der Waals surface area contributed by atoms with E-state index >= 15 is 0 Å². The number of methoxy groups -OCH3 is 1. The smallest absolute Gasteiger partial charge is 0.252 e. The summed E-state index contributed by atoms with van der Waals surface area (Å²) >= 11 is 0. The Balaban J connectivity index is 1.50. The largest absolute Gasteiger partial charge is 0.497 e. The van der Waals surface area contributed by atoms with E-state index in [2.05, 4.69) is 22.0 Å². The van der Waals surface area contributed by atoms with Gasteiger partial charge in [0.2, 0.25) is 0 Å². The number of hydrogen-bond donors (Lipinski definition) is 1. The summed E-state index contributed by atoms with van der Waals surface area (Å²) in [6.45, 7) is 3.32. The molecule has 0 radical (unpaired) electrons. The number of ether oxygens (including phenoxy) is 2. The van der Waals surface area contributed by atoms with Crippen molar-refractivity contribution in [2.45, 2.75) is 31.4 Å². The maximum atomic E-state index is 11.9. The van der Waals surface area contributed by atoms with Gasteiger partial charge in [-0.25, -0.2) is 0 Å². The summed E-state index contributed by atoms with van der Waals surface area (Å²) in [5, 5.41) is 0. The van der Waals surface area contributed by atoms with E-state index in [4.69, 9.17) is 9.47 Å². The Bertz CT molecular complexity index is 807. The highest BCUT2D eigenvalue weighted by Gasteiger charge is 2.40. The summed E-state index contributed by atoms with van der Waals surface area (Å²) in [4.78, 5) is 17.0. The van der Waals surface area contributed by atoms with Gasteiger partial charge in [0.15, 0.2) is 0 Å². The lowest BCUT2D eigenvalue weighted by Gasteiger charge is -2.45. The van der Waals surface area contributed by atoms with Crippen molar-refractivity contribution in [1.82, 2.24) is 9.88 Å². The van der Waals surface area contributed by atoms with E-state index in [0.29, 0.717) is 6.54 Å². The standard InChI is InChI=1S/C20H24N2O3/c1-24-17-4-5-18-15(13-17)6-12-25-20(18)7-10-22(11-8-20)14-16-3-2-9-21-19(16)23/h2-5,9,13H,6-8,10-12,14H2,1H3,(H,21,23). The Morgan fingerprint density at radius 2 is 2.12 bits per heavy atom. The quantitative estimate of drug-likeness (QED) is 0.932. The number of H-pyrrole nitrogens is 1. The second kappa shape index (κ2) is 6.65. The number of piperidine rings is 1. The van der Waals surface area contributed by atoms with Gasteiger partial charge in [-0.3, -0.25) is 9.69 Å². The summed E-state index contributed by atoms with van der Waals surface area (Å²) < 4.78 is 11.7. The third kappa shape index (κ3) is 3.10. The van der Waals surface area contributed by atoms with Crippen LogP contribution in [0.15, 0.2) is 41.3 Å². The molecule has 132 valence electrons. The van der Waals surface area contributed by atoms with E-state index in [1.807, 2.05) is 18.2 Å². The van der Waals surface area contributed by atoms with Gasteiger partial charge in [-0.1, -0.05) is 12.1 Å². The Morgan fingerprint density at radius 1 is 1.28 bits per heavy atom. The molecule has 5 nitrogen and oxygen atoms in total. The lowest BCUT2D eigenvalue weighted by Crippen LogP contribution is -2.46. The molecule has 1 saturated heterocycles. The highest BCUT2D eigenvalue weighted by molar-refractivity contribution is 5.41. The van der Waals surface area contributed by atoms with Crippen LogP contribution in [-0.4, -0.2) is 36.7 Å². The second-order valence-electron chi connectivity index (χ2n) is 6.92. The minimum absolute atomic E-state index is 0.00847. The van der Waals surface area contributed by atoms with E-state index in [9.17, 15) is 4.79 Å². The minimum Gasteiger partial charge on any atom is -0.497 e. The molecule has 0 atom stereocenters. The average Bonchev–Trinajstić information content (AvgIpc) is 2.65. The number of pyridine rings is 1. The van der Waals surface area contributed by atoms with Crippen molar-refractivity contribution in [3.8, 4) is 5.75 Å². The predicted molar refractivity (Wildman–Crippen MR) is 95.9 cm³/mol. The number of hydrogen-bond acceptors (Lipinski definition) is 4. The van der Waals surface area contributed by atoms with Gasteiger partial charge in [-0.2, -0.15) is 0 Å². The van der Waals surface area contributed by atoms with E-state index in [1.165, 1.54) is 11.1 Å². The van der Waals surface area contributed by atoms with Crippen LogP contribution in [0.4, 0.5) is 0 Å². The first-order valence-corrected chi connectivity index (χ1v) is 8.90. The fourth-order valence-corrected chi connectivity index (χ4v) is 4.09. The van der Waals surface area contributed by atoms with Crippen molar-refractivity contribution in [2.24, 2.45) is 0 Å². The van der Waals surface area contributed by atoms with Crippen LogP contribution >= 0.6 is 0 Å². The first-order chi connectivity index (χ1) is 12.2. The van der Waals surface area contributed by atoms with Crippen molar-refractivity contribution in [1.29, 1.82) is 0 Å². The number of fused-ring (bicyclic) bond motifs is 2. The SMILES string of the molecule is COc1ccc2c(c1)CCOC21CCN(Cc2ccc[nH]c2=O)CC1. The van der Waals surface area contributed by atoms with Crippen molar-refractivity contribution < 1.29 is 9.47 Å². The van der Waals surface area contributed by atoms with Gasteiger partial charge in [0.1, 0.15) is 5.75 Å². The molecule has 4 rings (SSSR count). The third-order valence-corrected chi connectivity index (χ3v) is 5.51. The molecular formula is C20H24N2O3. The molecule has 0 unspecified atom stereocenters. The van der Waals surface area contributed by atoms with E-state index in [-0.39, 0.29) is 11.2 Å². The third-order valence-electron chi connectivity index (χ3n) is 5.51. The number of nitrogens with zero attached hydrogens (tertiary/aromatic N) is 1. The van der Waals surface area contributed by atoms with Crippen molar-refractivity contribution >= 4 is 0 Å². The van der Waals surface area contributed by atoms with E-state index < -0.39 is 0 Å². The number of nitrogens with one attached hydrogen (secondary N) is 1. The van der Waals surface area contributed by atoms with Gasteiger partial charge < -0.3 is 14.5 Å². The molecule has 25 heavy (non-hydrogen) atoms. The number of likely N-dealkylation sites (tertiary alicyclic amines) is 1. The second-order valence-corrected chi connectivity index (χ2v) is 6.92. The highest BCUT2D eigenvalue weighted by Crippen LogP contribution is 2.42. The van der Waals surface area contributed by atoms with Gasteiger partial charge in [0, 0.05) is 31.4 Å². The monoisotopic (exact) mass is 340 g/mol. The van der Waals surface area contributed by atoms with Crippen LogP contribution in [0.1, 0.15) is 29.5 Å². The Morgan fingerprint density at radius 3 is 2.88 bits per heavy atom. The van der Waals surface area contributed by atoms with Crippen molar-refractivity contribution in [3.05, 3.63) is 63.6 Å². The molecule has 3 heterocycles. The fraction of sp³-hybridized carbons (Fsp3) is 0.450. The summed E-state index contributed by atoms with van der Waals surface area (Å²) in [7, 11) is 1.71. The Kier molecular flexibility index (Phi) is 4.36. The summed E-state index contributed by atoms with van der Waals surface area (Å²) in [5.74, 6) is 0.913. The van der Waals surface area contributed by atoms with Gasteiger partial charge in [-0.15, -0.1) is 0 Å². The van der Waals surface area contributed by atoms with Crippen LogP contribution in [0, 0.1) is 0 Å². The molecule has 1 spiro atoms. The van der Waals surface area contributed by atoms with Crippen molar-refractivity contribution in [3.63, 3.8) is 0 Å². The number of benzene rings is 1. The number of rotatable bonds is 3. The lowest BCUT2D eigenvalue weighted by molar-refractivity contribution is -0.0989. The summed E-state index contributed by atoms with van der Waals surface area (Å²) in [5.41, 5.74) is 3.32. The van der Waals surface area contributed by atoms with Gasteiger partial charge in [0.05, 0.1) is 19.3 Å². The first-order valence-electron chi connectivity index (χ1n) is 8.90. The lowest BCUT2D eigenvalue weighted by atomic mass is 9.79. The van der Waals surface area contributed by atoms with E-state index in [1.54, 1.807) is 13.3 Å². The maximum Gasteiger partial charge on any atom is 0.252 e. The topological polar surface area (TPSA) is 54.6 Å². The molecular weight excluding hydrogens is 316 g/mol. The van der Waals surface area contributed by atoms with Crippen LogP contribution in [-0.2, 0) is 23.3 Å². The molecule has 0 bridgehead atoms. The zero-order valence-corrected chi connectivity index (χ0v) is 14.6. The van der Waals surface area contributed by atoms with Gasteiger partial charge >= 0.3 is 0 Å². The normalized spacial score (nSPS) is 19.6. The highest BCUT2D eigenvalue weighted by atomic mass is 16.5.